The number of amides is 1. The lowest BCUT2D eigenvalue weighted by atomic mass is 9.87. The van der Waals surface area contributed by atoms with Gasteiger partial charge in [-0.2, -0.15) is 0 Å². The Morgan fingerprint density at radius 3 is 2.90 bits per heavy atom. The Kier molecular flexibility index (Phi) is 5.39. The lowest BCUT2D eigenvalue weighted by Gasteiger charge is -2.19. The first-order valence-corrected chi connectivity index (χ1v) is 8.30. The van der Waals surface area contributed by atoms with Gasteiger partial charge in [-0.05, 0) is 36.8 Å². The van der Waals surface area contributed by atoms with Crippen molar-refractivity contribution in [3.8, 4) is 0 Å². The van der Waals surface area contributed by atoms with E-state index in [-0.39, 0.29) is 18.3 Å². The van der Waals surface area contributed by atoms with Crippen molar-refractivity contribution in [1.29, 1.82) is 0 Å². The number of esters is 1. The van der Waals surface area contributed by atoms with Gasteiger partial charge in [-0.25, -0.2) is 0 Å². The summed E-state index contributed by atoms with van der Waals surface area (Å²) in [7, 11) is 3.10. The molecule has 1 atom stereocenters. The first-order valence-electron chi connectivity index (χ1n) is 7.49. The summed E-state index contributed by atoms with van der Waals surface area (Å²) in [5.74, 6) is 0.476. The van der Waals surface area contributed by atoms with Gasteiger partial charge in [-0.15, -0.1) is 11.3 Å². The van der Waals surface area contributed by atoms with Gasteiger partial charge in [0.25, 0.3) is 5.91 Å². The van der Waals surface area contributed by atoms with Crippen LogP contribution in [0.25, 0.3) is 0 Å². The number of aryl methyl sites for hydroxylation is 1. The van der Waals surface area contributed by atoms with Crippen molar-refractivity contribution in [3.05, 3.63) is 21.4 Å². The third kappa shape index (κ3) is 3.84. The van der Waals surface area contributed by atoms with Crippen molar-refractivity contribution in [2.75, 3.05) is 20.7 Å². The van der Waals surface area contributed by atoms with Crippen LogP contribution in [0, 0.1) is 5.92 Å². The number of fused-ring (bicyclic) bond motifs is 1. The van der Waals surface area contributed by atoms with Crippen LogP contribution in [0.15, 0.2) is 6.07 Å². The molecule has 1 amide bonds. The Bertz CT molecular complexity index is 524. The average Bonchev–Trinajstić information content (AvgIpc) is 2.93. The number of rotatable bonds is 5. The summed E-state index contributed by atoms with van der Waals surface area (Å²) in [4.78, 5) is 27.3. The van der Waals surface area contributed by atoms with E-state index in [1.165, 1.54) is 30.4 Å². The summed E-state index contributed by atoms with van der Waals surface area (Å²) >= 11 is 1.62. The molecule has 1 aliphatic carbocycles. The lowest BCUT2D eigenvalue weighted by Crippen LogP contribution is -2.28. The molecule has 0 saturated carbocycles. The number of carbonyl (C=O) groups is 2. The first-order chi connectivity index (χ1) is 10.0. The number of nitrogens with zero attached hydrogens (tertiary/aromatic N) is 1. The van der Waals surface area contributed by atoms with Gasteiger partial charge in [-0.1, -0.05) is 13.3 Å². The standard InChI is InChI=1S/C16H23NO3S/c1-4-11-5-6-13-12(9-11)10-14(21-13)16(19)17(2)8-7-15(18)20-3/h10-11H,4-9H2,1-3H3. The van der Waals surface area contributed by atoms with E-state index in [1.54, 1.807) is 23.3 Å². The number of hydrogen-bond donors (Lipinski definition) is 0. The lowest BCUT2D eigenvalue weighted by molar-refractivity contribution is -0.140. The molecule has 116 valence electrons. The summed E-state index contributed by atoms with van der Waals surface area (Å²) in [5.41, 5.74) is 1.35. The molecule has 0 N–H and O–H groups in total. The predicted molar refractivity (Wildman–Crippen MR) is 83.7 cm³/mol. The third-order valence-corrected chi connectivity index (χ3v) is 5.42. The van der Waals surface area contributed by atoms with Gasteiger partial charge in [-0.3, -0.25) is 9.59 Å². The first kappa shape index (κ1) is 16.0. The molecule has 0 aliphatic heterocycles. The van der Waals surface area contributed by atoms with Crippen LogP contribution in [0.2, 0.25) is 0 Å². The fourth-order valence-corrected chi connectivity index (χ4v) is 3.91. The van der Waals surface area contributed by atoms with Crippen LogP contribution in [0.4, 0.5) is 0 Å². The molecule has 0 radical (unpaired) electrons. The van der Waals surface area contributed by atoms with Crippen LogP contribution in [0.5, 0.6) is 0 Å². The van der Waals surface area contributed by atoms with Gasteiger partial charge in [0, 0.05) is 18.5 Å². The highest BCUT2D eigenvalue weighted by Gasteiger charge is 2.23. The van der Waals surface area contributed by atoms with E-state index in [4.69, 9.17) is 0 Å². The molecule has 0 saturated heterocycles. The normalized spacial score (nSPS) is 17.2. The molecule has 5 heteroatoms. The molecular formula is C16H23NO3S. The number of methoxy groups -OCH3 is 1. The largest absolute Gasteiger partial charge is 0.469 e. The van der Waals surface area contributed by atoms with Gasteiger partial charge in [0.05, 0.1) is 18.4 Å². The van der Waals surface area contributed by atoms with E-state index in [9.17, 15) is 9.59 Å². The SMILES string of the molecule is CCC1CCc2sc(C(=O)N(C)CCC(=O)OC)cc2C1. The van der Waals surface area contributed by atoms with Crippen LogP contribution < -0.4 is 0 Å². The highest BCUT2D eigenvalue weighted by molar-refractivity contribution is 7.14. The molecule has 2 rings (SSSR count). The predicted octanol–water partition coefficient (Wildman–Crippen LogP) is 2.90. The Hall–Kier alpha value is -1.36. The molecule has 0 spiro atoms. The summed E-state index contributed by atoms with van der Waals surface area (Å²) in [6.45, 7) is 2.63. The molecule has 1 aromatic rings. The summed E-state index contributed by atoms with van der Waals surface area (Å²) in [6, 6.07) is 2.05. The smallest absolute Gasteiger partial charge is 0.307 e. The fourth-order valence-electron chi connectivity index (χ4n) is 2.70. The zero-order valence-corrected chi connectivity index (χ0v) is 13.8. The number of hydrogen-bond acceptors (Lipinski definition) is 4. The minimum Gasteiger partial charge on any atom is -0.469 e. The average molecular weight is 309 g/mol. The van der Waals surface area contributed by atoms with Gasteiger partial charge >= 0.3 is 5.97 Å². The summed E-state index contributed by atoms with van der Waals surface area (Å²) < 4.78 is 4.60. The zero-order chi connectivity index (χ0) is 15.4. The summed E-state index contributed by atoms with van der Waals surface area (Å²) in [6.07, 6.45) is 4.87. The molecule has 0 fully saturated rings. The molecule has 1 aromatic heterocycles. The topological polar surface area (TPSA) is 46.6 Å². The number of ether oxygens (including phenoxy) is 1. The van der Waals surface area contributed by atoms with Crippen molar-refractivity contribution in [2.24, 2.45) is 5.92 Å². The van der Waals surface area contributed by atoms with E-state index in [2.05, 4.69) is 17.7 Å². The van der Waals surface area contributed by atoms with Crippen molar-refractivity contribution >= 4 is 23.2 Å². The van der Waals surface area contributed by atoms with Gasteiger partial charge in [0.1, 0.15) is 0 Å². The van der Waals surface area contributed by atoms with Crippen LogP contribution in [0.3, 0.4) is 0 Å². The van der Waals surface area contributed by atoms with Gasteiger partial charge < -0.3 is 9.64 Å². The minimum atomic E-state index is -0.286. The highest BCUT2D eigenvalue weighted by Crippen LogP contribution is 2.33. The quantitative estimate of drug-likeness (QED) is 0.786. The van der Waals surface area contributed by atoms with E-state index >= 15 is 0 Å². The molecule has 21 heavy (non-hydrogen) atoms. The van der Waals surface area contributed by atoms with E-state index in [0.717, 1.165) is 23.6 Å². The fraction of sp³-hybridized carbons (Fsp3) is 0.625. The molecule has 1 unspecified atom stereocenters. The minimum absolute atomic E-state index is 0.00588. The maximum Gasteiger partial charge on any atom is 0.307 e. The van der Waals surface area contributed by atoms with Crippen molar-refractivity contribution in [3.63, 3.8) is 0 Å². The third-order valence-electron chi connectivity index (χ3n) is 4.20. The zero-order valence-electron chi connectivity index (χ0n) is 13.0. The molecule has 1 aliphatic rings. The molecule has 1 heterocycles. The Morgan fingerprint density at radius 2 is 2.24 bits per heavy atom. The summed E-state index contributed by atoms with van der Waals surface area (Å²) in [5, 5.41) is 0. The van der Waals surface area contributed by atoms with E-state index < -0.39 is 0 Å². The maximum absolute atomic E-state index is 12.4. The Labute approximate surface area is 130 Å². The van der Waals surface area contributed by atoms with Crippen LogP contribution in [-0.2, 0) is 22.4 Å². The molecular weight excluding hydrogens is 286 g/mol. The van der Waals surface area contributed by atoms with Crippen molar-refractivity contribution in [2.45, 2.75) is 39.0 Å². The van der Waals surface area contributed by atoms with Crippen LogP contribution in [0.1, 0.15) is 46.3 Å². The molecule has 0 bridgehead atoms. The molecule has 4 nitrogen and oxygen atoms in total. The second-order valence-electron chi connectivity index (χ2n) is 5.63. The van der Waals surface area contributed by atoms with E-state index in [1.807, 2.05) is 0 Å². The second kappa shape index (κ2) is 7.07. The Morgan fingerprint density at radius 1 is 1.48 bits per heavy atom. The highest BCUT2D eigenvalue weighted by atomic mass is 32.1. The van der Waals surface area contributed by atoms with Gasteiger partial charge in [0.15, 0.2) is 0 Å². The van der Waals surface area contributed by atoms with Gasteiger partial charge in [0.2, 0.25) is 0 Å². The number of carbonyl (C=O) groups excluding carboxylic acids is 2. The Balaban J connectivity index is 2.00. The van der Waals surface area contributed by atoms with Crippen LogP contribution in [-0.4, -0.2) is 37.5 Å². The van der Waals surface area contributed by atoms with Crippen molar-refractivity contribution < 1.29 is 14.3 Å². The molecule has 0 aromatic carbocycles. The maximum atomic E-state index is 12.4. The second-order valence-corrected chi connectivity index (χ2v) is 6.77. The van der Waals surface area contributed by atoms with Crippen molar-refractivity contribution in [1.82, 2.24) is 4.90 Å². The van der Waals surface area contributed by atoms with Crippen LogP contribution >= 0.6 is 11.3 Å². The van der Waals surface area contributed by atoms with E-state index in [0.29, 0.717) is 6.54 Å². The monoisotopic (exact) mass is 309 g/mol. The number of thiophene rings is 1.